The van der Waals surface area contributed by atoms with Gasteiger partial charge in [0.15, 0.2) is 5.82 Å². The van der Waals surface area contributed by atoms with Gasteiger partial charge < -0.3 is 4.57 Å². The van der Waals surface area contributed by atoms with Gasteiger partial charge >= 0.3 is 0 Å². The summed E-state index contributed by atoms with van der Waals surface area (Å²) < 4.78 is 7.31. The molecule has 0 aliphatic heterocycles. The Hall–Kier alpha value is -6.56. The fourth-order valence-electron chi connectivity index (χ4n) is 7.91. The summed E-state index contributed by atoms with van der Waals surface area (Å²) in [7, 11) is 0. The highest BCUT2D eigenvalue weighted by Crippen LogP contribution is 2.42. The van der Waals surface area contributed by atoms with Gasteiger partial charge in [-0.15, -0.1) is 11.3 Å². The van der Waals surface area contributed by atoms with Gasteiger partial charge in [-0.1, -0.05) is 121 Å². The first-order valence-electron chi connectivity index (χ1n) is 17.2. The van der Waals surface area contributed by atoms with Crippen LogP contribution in [0.25, 0.3) is 97.9 Å². The largest absolute Gasteiger partial charge is 0.309 e. The van der Waals surface area contributed by atoms with E-state index in [1.807, 2.05) is 29.5 Å². The Morgan fingerprint density at radius 3 is 1.71 bits per heavy atom. The van der Waals surface area contributed by atoms with Gasteiger partial charge in [0.2, 0.25) is 0 Å². The van der Waals surface area contributed by atoms with Crippen LogP contribution in [0.15, 0.2) is 170 Å². The molecule has 0 unspecified atom stereocenters. The maximum Gasteiger partial charge on any atom is 0.162 e. The zero-order valence-corrected chi connectivity index (χ0v) is 28.2. The zero-order valence-electron chi connectivity index (χ0n) is 27.4. The topological polar surface area (TPSA) is 35.6 Å². The maximum absolute atomic E-state index is 5.26. The molecular formula is C46H28N4S. The predicted octanol–water partition coefficient (Wildman–Crippen LogP) is 12.4. The molecule has 0 aliphatic carbocycles. The molecule has 0 N–H and O–H groups in total. The van der Waals surface area contributed by atoms with Crippen LogP contribution in [0.4, 0.5) is 0 Å². The van der Waals surface area contributed by atoms with Gasteiger partial charge in [0.25, 0.3) is 0 Å². The van der Waals surface area contributed by atoms with Crippen LogP contribution >= 0.6 is 11.3 Å². The van der Waals surface area contributed by atoms with E-state index in [0.717, 1.165) is 39.2 Å². The van der Waals surface area contributed by atoms with E-state index in [-0.39, 0.29) is 0 Å². The molecule has 4 aromatic heterocycles. The normalized spacial score (nSPS) is 11.9. The minimum atomic E-state index is 0.695. The number of rotatable bonds is 4. The SMILES string of the molecule is c1ccc(-c2nc(-c3ccc4c5ccccc5n(-c5cccc6sc7ccccc7c56)c4c3)cc(-n3c4ccccc4c4ccccc43)n2)cc1. The third-order valence-electron chi connectivity index (χ3n) is 10.1. The molecule has 0 fully saturated rings. The van der Waals surface area contributed by atoms with Crippen LogP contribution in [0.3, 0.4) is 0 Å². The smallest absolute Gasteiger partial charge is 0.162 e. The van der Waals surface area contributed by atoms with Crippen LogP contribution in [0.2, 0.25) is 0 Å². The Kier molecular flexibility index (Phi) is 6.09. The number of thiophene rings is 1. The molecule has 5 heteroatoms. The highest BCUT2D eigenvalue weighted by molar-refractivity contribution is 7.25. The van der Waals surface area contributed by atoms with E-state index >= 15 is 0 Å². The van der Waals surface area contributed by atoms with Crippen LogP contribution in [0, 0.1) is 0 Å². The first-order valence-corrected chi connectivity index (χ1v) is 18.0. The first kappa shape index (κ1) is 28.3. The molecule has 0 aliphatic rings. The Morgan fingerprint density at radius 1 is 0.392 bits per heavy atom. The minimum absolute atomic E-state index is 0.695. The van der Waals surface area contributed by atoms with Crippen molar-refractivity contribution in [3.63, 3.8) is 0 Å². The summed E-state index contributed by atoms with van der Waals surface area (Å²) in [6.07, 6.45) is 0. The number of benzene rings is 7. The van der Waals surface area contributed by atoms with E-state index in [0.29, 0.717) is 5.82 Å². The summed E-state index contributed by atoms with van der Waals surface area (Å²) in [4.78, 5) is 10.5. The number of hydrogen-bond acceptors (Lipinski definition) is 3. The van der Waals surface area contributed by atoms with Crippen LogP contribution in [-0.2, 0) is 0 Å². The molecule has 0 spiro atoms. The van der Waals surface area contributed by atoms with E-state index in [4.69, 9.17) is 9.97 Å². The summed E-state index contributed by atoms with van der Waals surface area (Å²) in [5, 5.41) is 7.42. The summed E-state index contributed by atoms with van der Waals surface area (Å²) in [6.45, 7) is 0. The lowest BCUT2D eigenvalue weighted by Gasteiger charge is -2.13. The molecule has 0 radical (unpaired) electrons. The molecule has 238 valence electrons. The minimum Gasteiger partial charge on any atom is -0.309 e. The van der Waals surface area contributed by atoms with Crippen molar-refractivity contribution < 1.29 is 0 Å². The van der Waals surface area contributed by atoms with Gasteiger partial charge in [-0.05, 0) is 42.5 Å². The van der Waals surface area contributed by atoms with E-state index in [1.165, 1.54) is 52.9 Å². The van der Waals surface area contributed by atoms with Crippen molar-refractivity contribution in [2.24, 2.45) is 0 Å². The van der Waals surface area contributed by atoms with Crippen molar-refractivity contribution >= 4 is 75.1 Å². The molecule has 4 heterocycles. The highest BCUT2D eigenvalue weighted by atomic mass is 32.1. The van der Waals surface area contributed by atoms with Gasteiger partial charge in [-0.25, -0.2) is 9.97 Å². The molecule has 0 saturated heterocycles. The summed E-state index contributed by atoms with van der Waals surface area (Å²) in [5.41, 5.74) is 8.65. The molecule has 0 amide bonds. The third kappa shape index (κ3) is 4.25. The Balaban J connectivity index is 1.20. The monoisotopic (exact) mass is 668 g/mol. The summed E-state index contributed by atoms with van der Waals surface area (Å²) in [6, 6.07) is 60.6. The lowest BCUT2D eigenvalue weighted by molar-refractivity contribution is 1.05. The summed E-state index contributed by atoms with van der Waals surface area (Å²) >= 11 is 1.85. The van der Waals surface area contributed by atoms with E-state index < -0.39 is 0 Å². The molecular weight excluding hydrogens is 641 g/mol. The molecule has 11 rings (SSSR count). The average molecular weight is 669 g/mol. The van der Waals surface area contributed by atoms with Gasteiger partial charge in [0, 0.05) is 58.9 Å². The second-order valence-corrected chi connectivity index (χ2v) is 14.1. The van der Waals surface area contributed by atoms with E-state index in [9.17, 15) is 0 Å². The lowest BCUT2D eigenvalue weighted by Crippen LogP contribution is -2.02. The van der Waals surface area contributed by atoms with Gasteiger partial charge in [-0.2, -0.15) is 0 Å². The number of nitrogens with zero attached hydrogens (tertiary/aromatic N) is 4. The number of aromatic nitrogens is 4. The molecule has 51 heavy (non-hydrogen) atoms. The van der Waals surface area contributed by atoms with Crippen molar-refractivity contribution in [2.75, 3.05) is 0 Å². The van der Waals surface area contributed by atoms with Crippen LogP contribution in [0.1, 0.15) is 0 Å². The van der Waals surface area contributed by atoms with Crippen LogP contribution in [-0.4, -0.2) is 19.1 Å². The highest BCUT2D eigenvalue weighted by Gasteiger charge is 2.20. The molecule has 11 aromatic rings. The van der Waals surface area contributed by atoms with Crippen LogP contribution in [0.5, 0.6) is 0 Å². The Morgan fingerprint density at radius 2 is 0.980 bits per heavy atom. The fourth-order valence-corrected chi connectivity index (χ4v) is 9.04. The molecule has 4 nitrogen and oxygen atoms in total. The van der Waals surface area contributed by atoms with Crippen molar-refractivity contribution in [3.05, 3.63) is 170 Å². The van der Waals surface area contributed by atoms with E-state index in [1.54, 1.807) is 0 Å². The maximum atomic E-state index is 5.26. The average Bonchev–Trinajstić information content (AvgIpc) is 3.86. The third-order valence-corrected chi connectivity index (χ3v) is 11.3. The quantitative estimate of drug-likeness (QED) is 0.187. The number of fused-ring (bicyclic) bond motifs is 9. The predicted molar refractivity (Wildman–Crippen MR) is 214 cm³/mol. The number of para-hydroxylation sites is 3. The van der Waals surface area contributed by atoms with Gasteiger partial charge in [0.05, 0.1) is 33.4 Å². The van der Waals surface area contributed by atoms with Crippen LogP contribution < -0.4 is 0 Å². The van der Waals surface area contributed by atoms with Crippen molar-refractivity contribution in [1.29, 1.82) is 0 Å². The van der Waals surface area contributed by atoms with Gasteiger partial charge in [-0.3, -0.25) is 4.57 Å². The standard InChI is InChI=1S/C46H28N4S/c1-2-13-29(14-3-1)46-47-36(28-44(48-46)50-38-20-9-5-15-31(38)32-16-6-10-21-39(32)50)30-25-26-34-33-17-4-8-19-37(33)49(41(34)27-30)40-22-12-24-43-45(40)35-18-7-11-23-42(35)51-43/h1-28H. The van der Waals surface area contributed by atoms with Gasteiger partial charge in [0.1, 0.15) is 5.82 Å². The molecule has 0 saturated carbocycles. The number of hydrogen-bond donors (Lipinski definition) is 0. The molecule has 7 aromatic carbocycles. The zero-order chi connectivity index (χ0) is 33.5. The Bertz CT molecular complexity index is 3090. The van der Waals surface area contributed by atoms with Crippen molar-refractivity contribution in [2.45, 2.75) is 0 Å². The van der Waals surface area contributed by atoms with Crippen molar-refractivity contribution in [1.82, 2.24) is 19.1 Å². The molecule has 0 bridgehead atoms. The molecule has 0 atom stereocenters. The van der Waals surface area contributed by atoms with E-state index in [2.05, 4.69) is 161 Å². The Labute approximate surface area is 297 Å². The lowest BCUT2D eigenvalue weighted by atomic mass is 10.1. The second kappa shape index (κ2) is 11.0. The fraction of sp³-hybridized carbons (Fsp3) is 0. The summed E-state index contributed by atoms with van der Waals surface area (Å²) in [5.74, 6) is 1.53. The second-order valence-electron chi connectivity index (χ2n) is 13.0. The first-order chi connectivity index (χ1) is 25.3. The van der Waals surface area contributed by atoms with Crippen molar-refractivity contribution in [3.8, 4) is 34.2 Å².